The topological polar surface area (TPSA) is 54.9 Å². The Kier molecular flexibility index (Phi) is 4.02. The molecule has 2 heterocycles. The summed E-state index contributed by atoms with van der Waals surface area (Å²) in [5, 5.41) is 2.88. The van der Waals surface area contributed by atoms with Crippen molar-refractivity contribution in [3.63, 3.8) is 0 Å². The van der Waals surface area contributed by atoms with Gasteiger partial charge >= 0.3 is 0 Å². The van der Waals surface area contributed by atoms with E-state index in [0.717, 1.165) is 16.0 Å². The van der Waals surface area contributed by atoms with Gasteiger partial charge in [-0.1, -0.05) is 36.4 Å². The zero-order chi connectivity index (χ0) is 14.5. The molecule has 4 nitrogen and oxygen atoms in total. The lowest BCUT2D eigenvalue weighted by atomic mass is 10.1. The molecule has 1 N–H and O–H groups in total. The molecule has 3 aromatic rings. The van der Waals surface area contributed by atoms with E-state index in [4.69, 9.17) is 0 Å². The van der Waals surface area contributed by atoms with Crippen molar-refractivity contribution in [3.05, 3.63) is 71.6 Å². The number of thiazole rings is 1. The Balaban J connectivity index is 1.76. The van der Waals surface area contributed by atoms with Crippen molar-refractivity contribution in [2.75, 3.05) is 0 Å². The Hall–Kier alpha value is -2.53. The minimum Gasteiger partial charge on any atom is -0.347 e. The van der Waals surface area contributed by atoms with E-state index in [1.807, 2.05) is 42.5 Å². The SMILES string of the molecule is O=C(NCc1cccnc1)c1ncsc1-c1ccccc1. The van der Waals surface area contributed by atoms with Crippen LogP contribution in [0.25, 0.3) is 10.4 Å². The van der Waals surface area contributed by atoms with Crippen molar-refractivity contribution in [2.45, 2.75) is 6.54 Å². The Morgan fingerprint density at radius 2 is 2.00 bits per heavy atom. The highest BCUT2D eigenvalue weighted by atomic mass is 32.1. The molecule has 0 aliphatic carbocycles. The quantitative estimate of drug-likeness (QED) is 0.804. The van der Waals surface area contributed by atoms with Gasteiger partial charge in [0.15, 0.2) is 0 Å². The fourth-order valence-electron chi connectivity index (χ4n) is 1.97. The van der Waals surface area contributed by atoms with Crippen LogP contribution in [-0.2, 0) is 6.54 Å². The average molecular weight is 295 g/mol. The highest BCUT2D eigenvalue weighted by molar-refractivity contribution is 7.13. The normalized spacial score (nSPS) is 10.3. The van der Waals surface area contributed by atoms with E-state index in [2.05, 4.69) is 15.3 Å². The number of nitrogens with one attached hydrogen (secondary N) is 1. The molecule has 0 fully saturated rings. The number of hydrogen-bond acceptors (Lipinski definition) is 4. The van der Waals surface area contributed by atoms with E-state index in [1.165, 1.54) is 11.3 Å². The Bertz CT molecular complexity index is 726. The minimum atomic E-state index is -0.168. The Labute approximate surface area is 126 Å². The average Bonchev–Trinajstić information content (AvgIpc) is 3.04. The number of benzene rings is 1. The molecule has 0 aliphatic rings. The molecule has 0 saturated carbocycles. The van der Waals surface area contributed by atoms with Crippen LogP contribution in [0.4, 0.5) is 0 Å². The van der Waals surface area contributed by atoms with E-state index in [9.17, 15) is 4.79 Å². The maximum atomic E-state index is 12.3. The van der Waals surface area contributed by atoms with Crippen LogP contribution in [0.5, 0.6) is 0 Å². The van der Waals surface area contributed by atoms with Crippen LogP contribution in [0.1, 0.15) is 16.1 Å². The summed E-state index contributed by atoms with van der Waals surface area (Å²) in [5.41, 5.74) is 4.13. The summed E-state index contributed by atoms with van der Waals surface area (Å²) < 4.78 is 0. The zero-order valence-corrected chi connectivity index (χ0v) is 12.0. The summed E-state index contributed by atoms with van der Waals surface area (Å²) in [5.74, 6) is -0.168. The lowest BCUT2D eigenvalue weighted by molar-refractivity contribution is 0.0947. The smallest absolute Gasteiger partial charge is 0.271 e. The Morgan fingerprint density at radius 3 is 2.76 bits per heavy atom. The number of carbonyl (C=O) groups excluding carboxylic acids is 1. The first kappa shape index (κ1) is 13.5. The van der Waals surface area contributed by atoms with E-state index in [0.29, 0.717) is 12.2 Å². The van der Waals surface area contributed by atoms with Gasteiger partial charge in [0.1, 0.15) is 5.69 Å². The zero-order valence-electron chi connectivity index (χ0n) is 11.2. The number of nitrogens with zero attached hydrogens (tertiary/aromatic N) is 2. The van der Waals surface area contributed by atoms with Gasteiger partial charge in [0, 0.05) is 18.9 Å². The molecule has 1 aromatic carbocycles. The lowest BCUT2D eigenvalue weighted by Gasteiger charge is -2.05. The highest BCUT2D eigenvalue weighted by Crippen LogP contribution is 2.27. The summed E-state index contributed by atoms with van der Waals surface area (Å²) in [7, 11) is 0. The van der Waals surface area contributed by atoms with Gasteiger partial charge in [0.05, 0.1) is 10.4 Å². The van der Waals surface area contributed by atoms with Crippen molar-refractivity contribution in [3.8, 4) is 10.4 Å². The van der Waals surface area contributed by atoms with Crippen LogP contribution in [0.2, 0.25) is 0 Å². The van der Waals surface area contributed by atoms with E-state index >= 15 is 0 Å². The summed E-state index contributed by atoms with van der Waals surface area (Å²) in [6.45, 7) is 0.443. The molecule has 0 saturated heterocycles. The summed E-state index contributed by atoms with van der Waals surface area (Å²) in [6, 6.07) is 13.6. The lowest BCUT2D eigenvalue weighted by Crippen LogP contribution is -2.23. The first-order valence-electron chi connectivity index (χ1n) is 6.50. The standard InChI is InChI=1S/C16H13N3OS/c20-16(18-10-12-5-4-8-17-9-12)14-15(21-11-19-14)13-6-2-1-3-7-13/h1-9,11H,10H2,(H,18,20). The van der Waals surface area contributed by atoms with Gasteiger partial charge in [-0.15, -0.1) is 11.3 Å². The van der Waals surface area contributed by atoms with Crippen LogP contribution in [-0.4, -0.2) is 15.9 Å². The second kappa shape index (κ2) is 6.28. The maximum absolute atomic E-state index is 12.3. The monoisotopic (exact) mass is 295 g/mol. The number of amides is 1. The van der Waals surface area contributed by atoms with E-state index in [-0.39, 0.29) is 5.91 Å². The third kappa shape index (κ3) is 3.14. The second-order valence-electron chi connectivity index (χ2n) is 4.44. The van der Waals surface area contributed by atoms with Gasteiger partial charge in [0.2, 0.25) is 0 Å². The molecule has 3 rings (SSSR count). The molecule has 0 radical (unpaired) electrons. The highest BCUT2D eigenvalue weighted by Gasteiger charge is 2.15. The van der Waals surface area contributed by atoms with Gasteiger partial charge in [-0.25, -0.2) is 4.98 Å². The molecule has 0 aliphatic heterocycles. The predicted octanol–water partition coefficient (Wildman–Crippen LogP) is 3.14. The third-order valence-electron chi connectivity index (χ3n) is 2.99. The third-order valence-corrected chi connectivity index (χ3v) is 3.87. The van der Waals surface area contributed by atoms with Gasteiger partial charge in [0.25, 0.3) is 5.91 Å². The van der Waals surface area contributed by atoms with Crippen molar-refractivity contribution in [1.82, 2.24) is 15.3 Å². The molecule has 0 bridgehead atoms. The van der Waals surface area contributed by atoms with Crippen molar-refractivity contribution >= 4 is 17.2 Å². The molecule has 0 unspecified atom stereocenters. The molecule has 21 heavy (non-hydrogen) atoms. The van der Waals surface area contributed by atoms with E-state index < -0.39 is 0 Å². The first-order valence-corrected chi connectivity index (χ1v) is 7.38. The van der Waals surface area contributed by atoms with Gasteiger partial charge in [-0.2, -0.15) is 0 Å². The summed E-state index contributed by atoms with van der Waals surface area (Å²) >= 11 is 1.47. The van der Waals surface area contributed by atoms with Crippen LogP contribution in [0.3, 0.4) is 0 Å². The molecular formula is C16H13N3OS. The largest absolute Gasteiger partial charge is 0.347 e. The maximum Gasteiger partial charge on any atom is 0.271 e. The molecule has 0 atom stereocenters. The molecule has 104 valence electrons. The number of aromatic nitrogens is 2. The minimum absolute atomic E-state index is 0.168. The Morgan fingerprint density at radius 1 is 1.14 bits per heavy atom. The molecule has 0 spiro atoms. The van der Waals surface area contributed by atoms with Gasteiger partial charge in [-0.3, -0.25) is 9.78 Å². The number of carbonyl (C=O) groups is 1. The van der Waals surface area contributed by atoms with Crippen LogP contribution in [0, 0.1) is 0 Å². The van der Waals surface area contributed by atoms with Crippen LogP contribution >= 0.6 is 11.3 Å². The molecule has 2 aromatic heterocycles. The summed E-state index contributed by atoms with van der Waals surface area (Å²) in [4.78, 5) is 21.4. The first-order chi connectivity index (χ1) is 10.3. The van der Waals surface area contributed by atoms with Crippen molar-refractivity contribution in [2.24, 2.45) is 0 Å². The fraction of sp³-hybridized carbons (Fsp3) is 0.0625. The van der Waals surface area contributed by atoms with Crippen LogP contribution in [0.15, 0.2) is 60.4 Å². The van der Waals surface area contributed by atoms with E-state index in [1.54, 1.807) is 17.9 Å². The van der Waals surface area contributed by atoms with Crippen molar-refractivity contribution in [1.29, 1.82) is 0 Å². The number of hydrogen-bond donors (Lipinski definition) is 1. The van der Waals surface area contributed by atoms with Gasteiger partial charge < -0.3 is 5.32 Å². The molecule has 5 heteroatoms. The van der Waals surface area contributed by atoms with Crippen molar-refractivity contribution < 1.29 is 4.79 Å². The summed E-state index contributed by atoms with van der Waals surface area (Å²) in [6.07, 6.45) is 3.44. The number of pyridine rings is 1. The predicted molar refractivity (Wildman–Crippen MR) is 83.0 cm³/mol. The number of rotatable bonds is 4. The second-order valence-corrected chi connectivity index (χ2v) is 5.29. The van der Waals surface area contributed by atoms with Crippen LogP contribution < -0.4 is 5.32 Å². The molecule has 1 amide bonds. The fourth-order valence-corrected chi connectivity index (χ4v) is 2.76. The molecular weight excluding hydrogens is 282 g/mol. The van der Waals surface area contributed by atoms with Gasteiger partial charge in [-0.05, 0) is 17.2 Å².